The Balaban J connectivity index is 1.64. The Morgan fingerprint density at radius 1 is 1.17 bits per heavy atom. The monoisotopic (exact) mass is 410 g/mol. The van der Waals surface area contributed by atoms with Gasteiger partial charge in [-0.2, -0.15) is 0 Å². The van der Waals surface area contributed by atoms with Gasteiger partial charge >= 0.3 is 5.97 Å². The van der Waals surface area contributed by atoms with Crippen LogP contribution in [0.25, 0.3) is 12.2 Å². The molecular weight excluding hydrogens is 388 g/mol. The van der Waals surface area contributed by atoms with Gasteiger partial charge in [-0.25, -0.2) is 9.78 Å². The predicted octanol–water partition coefficient (Wildman–Crippen LogP) is 4.07. The largest absolute Gasteiger partial charge is 0.461 e. The summed E-state index contributed by atoms with van der Waals surface area (Å²) in [5, 5.41) is 7.47. The van der Waals surface area contributed by atoms with E-state index in [4.69, 9.17) is 4.74 Å². The summed E-state index contributed by atoms with van der Waals surface area (Å²) in [4.78, 5) is 32.0. The lowest BCUT2D eigenvalue weighted by Crippen LogP contribution is -2.08. The van der Waals surface area contributed by atoms with Crippen LogP contribution >= 0.6 is 11.8 Å². The lowest BCUT2D eigenvalue weighted by molar-refractivity contribution is 0.0519. The van der Waals surface area contributed by atoms with E-state index in [1.54, 1.807) is 20.8 Å². The maximum Gasteiger partial charge on any atom is 0.355 e. The lowest BCUT2D eigenvalue weighted by Gasteiger charge is -2.02. The molecule has 0 aliphatic carbocycles. The fourth-order valence-corrected chi connectivity index (χ4v) is 3.59. The zero-order chi connectivity index (χ0) is 20.8. The lowest BCUT2D eigenvalue weighted by atomic mass is 10.1. The molecule has 0 atom stereocenters. The third-order valence-corrected chi connectivity index (χ3v) is 5.09. The number of carbonyl (C=O) groups is 2. The molecule has 0 amide bonds. The highest BCUT2D eigenvalue weighted by molar-refractivity contribution is 7.99. The fraction of sp³-hybridized carbons (Fsp3) is 0.238. The summed E-state index contributed by atoms with van der Waals surface area (Å²) in [5.41, 5.74) is 3.15. The molecule has 0 saturated carbocycles. The molecule has 7 nitrogen and oxygen atoms in total. The zero-order valence-electron chi connectivity index (χ0n) is 16.5. The molecule has 0 bridgehead atoms. The van der Waals surface area contributed by atoms with Crippen molar-refractivity contribution in [1.29, 1.82) is 0 Å². The minimum absolute atomic E-state index is 0.0945. The fourth-order valence-electron chi connectivity index (χ4n) is 2.91. The number of esters is 1. The van der Waals surface area contributed by atoms with Crippen molar-refractivity contribution in [2.75, 3.05) is 12.4 Å². The van der Waals surface area contributed by atoms with E-state index in [1.807, 2.05) is 42.5 Å². The minimum atomic E-state index is -0.455. The summed E-state index contributed by atoms with van der Waals surface area (Å²) in [6.45, 7) is 5.53. The van der Waals surface area contributed by atoms with Crippen LogP contribution in [0.4, 0.5) is 0 Å². The van der Waals surface area contributed by atoms with Crippen molar-refractivity contribution in [3.05, 3.63) is 64.2 Å². The summed E-state index contributed by atoms with van der Waals surface area (Å²) in [6, 6.07) is 9.87. The van der Waals surface area contributed by atoms with Gasteiger partial charge in [-0.05, 0) is 38.0 Å². The van der Waals surface area contributed by atoms with Crippen molar-refractivity contribution in [2.45, 2.75) is 25.9 Å². The number of thioether (sulfide) groups is 1. The first kappa shape index (κ1) is 20.6. The van der Waals surface area contributed by atoms with Crippen LogP contribution in [-0.2, 0) is 4.74 Å². The van der Waals surface area contributed by atoms with Crippen LogP contribution in [0.3, 0.4) is 0 Å². The molecule has 2 N–H and O–H groups in total. The van der Waals surface area contributed by atoms with E-state index in [0.29, 0.717) is 33.5 Å². The third kappa shape index (κ3) is 5.03. The van der Waals surface area contributed by atoms with E-state index in [-0.39, 0.29) is 18.1 Å². The average Bonchev–Trinajstić information content (AvgIpc) is 3.29. The number of aryl methyl sites for hydroxylation is 1. The number of H-pyrrole nitrogens is 2. The number of aromatic amines is 2. The van der Waals surface area contributed by atoms with Crippen molar-refractivity contribution in [2.24, 2.45) is 0 Å². The molecule has 150 valence electrons. The third-order valence-electron chi connectivity index (χ3n) is 4.24. The van der Waals surface area contributed by atoms with Gasteiger partial charge in [0.05, 0.1) is 12.4 Å². The first-order valence-electron chi connectivity index (χ1n) is 9.17. The van der Waals surface area contributed by atoms with E-state index in [0.717, 1.165) is 5.56 Å². The smallest absolute Gasteiger partial charge is 0.355 e. The number of Topliss-reactive ketones (excluding diaryl/α,β-unsaturated/α-hetero) is 1. The van der Waals surface area contributed by atoms with Crippen molar-refractivity contribution >= 4 is 35.7 Å². The predicted molar refractivity (Wildman–Crippen MR) is 113 cm³/mol. The maximum atomic E-state index is 12.7. The molecule has 29 heavy (non-hydrogen) atoms. The molecule has 8 heteroatoms. The van der Waals surface area contributed by atoms with Crippen LogP contribution in [0.1, 0.15) is 50.4 Å². The van der Waals surface area contributed by atoms with Crippen molar-refractivity contribution < 1.29 is 14.3 Å². The molecule has 0 spiro atoms. The number of carbonyl (C=O) groups excluding carboxylic acids is 2. The number of ether oxygens (including phenoxy) is 1. The quantitative estimate of drug-likeness (QED) is 0.330. The van der Waals surface area contributed by atoms with Gasteiger partial charge in [0.2, 0.25) is 5.16 Å². The van der Waals surface area contributed by atoms with Crippen LogP contribution in [0.5, 0.6) is 0 Å². The number of nitrogens with one attached hydrogen (secondary N) is 2. The summed E-state index contributed by atoms with van der Waals surface area (Å²) in [5.74, 6) is 0.232. The van der Waals surface area contributed by atoms with Gasteiger partial charge in [-0.3, -0.25) is 9.89 Å². The number of aromatic nitrogens is 4. The highest BCUT2D eigenvalue weighted by atomic mass is 32.2. The van der Waals surface area contributed by atoms with Gasteiger partial charge < -0.3 is 9.72 Å². The van der Waals surface area contributed by atoms with Crippen LogP contribution in [0.15, 0.2) is 35.5 Å². The molecule has 0 aliphatic heterocycles. The standard InChI is InChI=1S/C21H22N4O3S/c1-4-28-20(27)19-13(2)18(14(3)22-19)16(26)12-29-21-23-17(24-25-21)11-10-15-8-6-5-7-9-15/h5-11,22H,4,12H2,1-3H3,(H,23,24,25). The molecule has 3 aromatic rings. The molecule has 2 aromatic heterocycles. The minimum Gasteiger partial charge on any atom is -0.461 e. The van der Waals surface area contributed by atoms with E-state index >= 15 is 0 Å². The van der Waals surface area contributed by atoms with E-state index < -0.39 is 5.97 Å². The molecule has 2 heterocycles. The number of nitrogens with zero attached hydrogens (tertiary/aromatic N) is 2. The van der Waals surface area contributed by atoms with Gasteiger partial charge in [0.1, 0.15) is 11.5 Å². The Labute approximate surface area is 173 Å². The number of benzene rings is 1. The van der Waals surface area contributed by atoms with E-state index in [2.05, 4.69) is 20.2 Å². The Kier molecular flexibility index (Phi) is 6.66. The average molecular weight is 410 g/mol. The number of hydrogen-bond acceptors (Lipinski definition) is 6. The number of rotatable bonds is 8. The molecule has 1 aromatic carbocycles. The Hall–Kier alpha value is -3.13. The molecule has 0 aliphatic rings. The normalized spacial score (nSPS) is 11.1. The van der Waals surface area contributed by atoms with E-state index in [9.17, 15) is 9.59 Å². The maximum absolute atomic E-state index is 12.7. The topological polar surface area (TPSA) is 101 Å². The summed E-state index contributed by atoms with van der Waals surface area (Å²) in [6.07, 6.45) is 3.77. The number of ketones is 1. The summed E-state index contributed by atoms with van der Waals surface area (Å²) < 4.78 is 5.03. The van der Waals surface area contributed by atoms with Gasteiger partial charge in [0.25, 0.3) is 0 Å². The highest BCUT2D eigenvalue weighted by Gasteiger charge is 2.23. The highest BCUT2D eigenvalue weighted by Crippen LogP contribution is 2.22. The molecule has 0 saturated heterocycles. The van der Waals surface area contributed by atoms with Crippen molar-refractivity contribution in [1.82, 2.24) is 20.2 Å². The van der Waals surface area contributed by atoms with Gasteiger partial charge in [0, 0.05) is 11.3 Å². The molecule has 0 radical (unpaired) electrons. The second-order valence-corrected chi connectivity index (χ2v) is 7.25. The molecule has 0 fully saturated rings. The number of hydrogen-bond donors (Lipinski definition) is 2. The SMILES string of the molecule is CCOC(=O)c1[nH]c(C)c(C(=O)CSc2n[nH]c(C=Cc3ccccc3)n2)c1C. The van der Waals surface area contributed by atoms with Crippen LogP contribution < -0.4 is 0 Å². The molecule has 3 rings (SSSR count). The van der Waals surface area contributed by atoms with E-state index in [1.165, 1.54) is 11.8 Å². The van der Waals surface area contributed by atoms with Crippen LogP contribution in [0.2, 0.25) is 0 Å². The van der Waals surface area contributed by atoms with Crippen molar-refractivity contribution in [3.8, 4) is 0 Å². The van der Waals surface area contributed by atoms with Gasteiger partial charge in [-0.1, -0.05) is 48.2 Å². The second kappa shape index (κ2) is 9.38. The first-order chi connectivity index (χ1) is 14.0. The summed E-state index contributed by atoms with van der Waals surface area (Å²) >= 11 is 1.24. The van der Waals surface area contributed by atoms with Crippen LogP contribution in [-0.4, -0.2) is 44.3 Å². The first-order valence-corrected chi connectivity index (χ1v) is 10.2. The second-order valence-electron chi connectivity index (χ2n) is 6.30. The van der Waals surface area contributed by atoms with Gasteiger partial charge in [-0.15, -0.1) is 5.10 Å². The van der Waals surface area contributed by atoms with Gasteiger partial charge in [0.15, 0.2) is 5.78 Å². The summed E-state index contributed by atoms with van der Waals surface area (Å²) in [7, 11) is 0. The molecular formula is C21H22N4O3S. The molecule has 0 unspecified atom stereocenters. The van der Waals surface area contributed by atoms with Crippen molar-refractivity contribution in [3.63, 3.8) is 0 Å². The Morgan fingerprint density at radius 3 is 2.66 bits per heavy atom. The Morgan fingerprint density at radius 2 is 1.93 bits per heavy atom. The van der Waals surface area contributed by atoms with Crippen LogP contribution in [0, 0.1) is 13.8 Å². The Bertz CT molecular complexity index is 1040. The zero-order valence-corrected chi connectivity index (χ0v) is 17.3.